The van der Waals surface area contributed by atoms with Gasteiger partial charge in [-0.25, -0.2) is 0 Å². The number of hydrogen-bond donors (Lipinski definition) is 1. The third-order valence-electron chi connectivity index (χ3n) is 2.89. The van der Waals surface area contributed by atoms with Crippen LogP contribution in [0.2, 0.25) is 0 Å². The number of aryl methyl sites for hydroxylation is 1. The number of fused-ring (bicyclic) bond motifs is 1. The van der Waals surface area contributed by atoms with E-state index in [9.17, 15) is 4.79 Å². The Hall–Kier alpha value is -1.83. The van der Waals surface area contributed by atoms with Crippen molar-refractivity contribution in [1.82, 2.24) is 0 Å². The van der Waals surface area contributed by atoms with Crippen LogP contribution in [0.4, 0.5) is 0 Å². The van der Waals surface area contributed by atoms with Gasteiger partial charge in [-0.1, -0.05) is 42.0 Å². The largest absolute Gasteiger partial charge is 0.481 e. The Morgan fingerprint density at radius 3 is 2.50 bits per heavy atom. The first-order valence-electron chi connectivity index (χ1n) is 5.31. The van der Waals surface area contributed by atoms with E-state index in [1.165, 1.54) is 5.56 Å². The number of carboxylic acid groups (broad SMARTS) is 1. The van der Waals surface area contributed by atoms with Gasteiger partial charge in [0.15, 0.2) is 0 Å². The zero-order valence-electron chi connectivity index (χ0n) is 9.40. The maximum absolute atomic E-state index is 10.9. The highest BCUT2D eigenvalue weighted by molar-refractivity contribution is 5.85. The quantitative estimate of drug-likeness (QED) is 0.832. The van der Waals surface area contributed by atoms with Gasteiger partial charge in [-0.15, -0.1) is 0 Å². The SMILES string of the molecule is Cc1ccc2ccc(C(C)C(=O)O)cc2c1. The van der Waals surface area contributed by atoms with Crippen molar-refractivity contribution in [3.05, 3.63) is 47.5 Å². The lowest BCUT2D eigenvalue weighted by Crippen LogP contribution is -2.06. The average Bonchev–Trinajstić information content (AvgIpc) is 2.26. The van der Waals surface area contributed by atoms with Crippen molar-refractivity contribution in [2.45, 2.75) is 19.8 Å². The topological polar surface area (TPSA) is 37.3 Å². The second-order valence-corrected chi connectivity index (χ2v) is 4.17. The summed E-state index contributed by atoms with van der Waals surface area (Å²) >= 11 is 0. The first-order valence-corrected chi connectivity index (χ1v) is 5.31. The second-order valence-electron chi connectivity index (χ2n) is 4.17. The Labute approximate surface area is 94.5 Å². The number of hydrogen-bond acceptors (Lipinski definition) is 1. The van der Waals surface area contributed by atoms with Crippen molar-refractivity contribution < 1.29 is 9.90 Å². The minimum atomic E-state index is -0.785. The van der Waals surface area contributed by atoms with E-state index < -0.39 is 11.9 Å². The maximum Gasteiger partial charge on any atom is 0.310 e. The Morgan fingerprint density at radius 2 is 1.81 bits per heavy atom. The molecule has 2 nitrogen and oxygen atoms in total. The lowest BCUT2D eigenvalue weighted by Gasteiger charge is -2.08. The van der Waals surface area contributed by atoms with E-state index in [0.29, 0.717) is 0 Å². The van der Waals surface area contributed by atoms with Gasteiger partial charge in [-0.3, -0.25) is 4.79 Å². The molecule has 0 spiro atoms. The van der Waals surface area contributed by atoms with Gasteiger partial charge in [0.1, 0.15) is 0 Å². The van der Waals surface area contributed by atoms with Gasteiger partial charge >= 0.3 is 5.97 Å². The summed E-state index contributed by atoms with van der Waals surface area (Å²) in [5.41, 5.74) is 2.04. The van der Waals surface area contributed by atoms with Gasteiger partial charge in [-0.05, 0) is 30.2 Å². The number of carboxylic acids is 1. The van der Waals surface area contributed by atoms with E-state index in [2.05, 4.69) is 18.2 Å². The van der Waals surface area contributed by atoms with Gasteiger partial charge < -0.3 is 5.11 Å². The Bertz CT molecular complexity index is 543. The van der Waals surface area contributed by atoms with Crippen LogP contribution in [0.1, 0.15) is 24.0 Å². The molecular weight excluding hydrogens is 200 g/mol. The summed E-state index contributed by atoms with van der Waals surface area (Å²) in [7, 11) is 0. The summed E-state index contributed by atoms with van der Waals surface area (Å²) in [6.07, 6.45) is 0. The second kappa shape index (κ2) is 3.97. The fourth-order valence-electron chi connectivity index (χ4n) is 1.80. The Morgan fingerprint density at radius 1 is 1.12 bits per heavy atom. The van der Waals surface area contributed by atoms with Crippen molar-refractivity contribution >= 4 is 16.7 Å². The molecule has 0 saturated heterocycles. The van der Waals surface area contributed by atoms with E-state index in [4.69, 9.17) is 5.11 Å². The van der Waals surface area contributed by atoms with Gasteiger partial charge in [-0.2, -0.15) is 0 Å². The maximum atomic E-state index is 10.9. The number of aliphatic carboxylic acids is 1. The summed E-state index contributed by atoms with van der Waals surface area (Å²) in [4.78, 5) is 10.9. The van der Waals surface area contributed by atoms with Gasteiger partial charge in [0.25, 0.3) is 0 Å². The molecule has 1 N–H and O–H groups in total. The molecule has 2 heteroatoms. The molecule has 1 unspecified atom stereocenters. The smallest absolute Gasteiger partial charge is 0.310 e. The highest BCUT2D eigenvalue weighted by atomic mass is 16.4. The van der Waals surface area contributed by atoms with E-state index in [1.54, 1.807) is 6.92 Å². The van der Waals surface area contributed by atoms with Gasteiger partial charge in [0, 0.05) is 0 Å². The van der Waals surface area contributed by atoms with Crippen LogP contribution in [-0.4, -0.2) is 11.1 Å². The van der Waals surface area contributed by atoms with Crippen LogP contribution in [0.5, 0.6) is 0 Å². The van der Waals surface area contributed by atoms with Crippen LogP contribution in [0.25, 0.3) is 10.8 Å². The highest BCUT2D eigenvalue weighted by Crippen LogP contribution is 2.22. The summed E-state index contributed by atoms with van der Waals surface area (Å²) in [5, 5.41) is 11.2. The van der Waals surface area contributed by atoms with Crippen LogP contribution in [0.15, 0.2) is 36.4 Å². The van der Waals surface area contributed by atoms with Crippen LogP contribution in [0.3, 0.4) is 0 Å². The molecule has 1 atom stereocenters. The molecule has 0 saturated carbocycles. The number of benzene rings is 2. The summed E-state index contributed by atoms with van der Waals surface area (Å²) < 4.78 is 0. The summed E-state index contributed by atoms with van der Waals surface area (Å²) in [5.74, 6) is -1.24. The molecule has 0 aliphatic heterocycles. The molecule has 0 aromatic heterocycles. The third kappa shape index (κ3) is 1.91. The van der Waals surface area contributed by atoms with E-state index in [1.807, 2.05) is 25.1 Å². The molecule has 0 bridgehead atoms. The third-order valence-corrected chi connectivity index (χ3v) is 2.89. The van der Waals surface area contributed by atoms with Gasteiger partial charge in [0.05, 0.1) is 5.92 Å². The van der Waals surface area contributed by atoms with Gasteiger partial charge in [0.2, 0.25) is 0 Å². The van der Waals surface area contributed by atoms with Crippen LogP contribution in [-0.2, 0) is 4.79 Å². The van der Waals surface area contributed by atoms with E-state index in [0.717, 1.165) is 16.3 Å². The lowest BCUT2D eigenvalue weighted by atomic mass is 9.97. The normalized spacial score (nSPS) is 12.6. The van der Waals surface area contributed by atoms with Crippen LogP contribution < -0.4 is 0 Å². The molecule has 2 aromatic rings. The summed E-state index contributed by atoms with van der Waals surface area (Å²) in [6.45, 7) is 3.74. The molecule has 82 valence electrons. The minimum absolute atomic E-state index is 0.454. The highest BCUT2D eigenvalue weighted by Gasteiger charge is 2.13. The fraction of sp³-hybridized carbons (Fsp3) is 0.214. The average molecular weight is 214 g/mol. The molecule has 0 aliphatic rings. The Balaban J connectivity index is 2.54. The molecule has 0 aliphatic carbocycles. The van der Waals surface area contributed by atoms with Crippen molar-refractivity contribution in [2.75, 3.05) is 0 Å². The van der Waals surface area contributed by atoms with Crippen molar-refractivity contribution in [3.63, 3.8) is 0 Å². The predicted octanol–water partition coefficient (Wildman–Crippen LogP) is 3.34. The molecular formula is C14H14O2. The molecule has 16 heavy (non-hydrogen) atoms. The minimum Gasteiger partial charge on any atom is -0.481 e. The summed E-state index contributed by atoms with van der Waals surface area (Å²) in [6, 6.07) is 12.0. The fourth-order valence-corrected chi connectivity index (χ4v) is 1.80. The van der Waals surface area contributed by atoms with E-state index in [-0.39, 0.29) is 0 Å². The standard InChI is InChI=1S/C14H14O2/c1-9-3-4-11-5-6-12(8-13(11)7-9)10(2)14(15)16/h3-8,10H,1-2H3,(H,15,16). The van der Waals surface area contributed by atoms with Crippen LogP contribution in [0, 0.1) is 6.92 Å². The van der Waals surface area contributed by atoms with E-state index >= 15 is 0 Å². The van der Waals surface area contributed by atoms with Crippen molar-refractivity contribution in [2.24, 2.45) is 0 Å². The molecule has 2 rings (SSSR count). The molecule has 0 radical (unpaired) electrons. The zero-order chi connectivity index (χ0) is 11.7. The zero-order valence-corrected chi connectivity index (χ0v) is 9.40. The lowest BCUT2D eigenvalue weighted by molar-refractivity contribution is -0.138. The Kier molecular flexibility index (Phi) is 2.65. The molecule has 0 heterocycles. The van der Waals surface area contributed by atoms with Crippen molar-refractivity contribution in [3.8, 4) is 0 Å². The van der Waals surface area contributed by atoms with Crippen LogP contribution >= 0.6 is 0 Å². The van der Waals surface area contributed by atoms with Crippen molar-refractivity contribution in [1.29, 1.82) is 0 Å². The predicted molar refractivity (Wildman–Crippen MR) is 64.7 cm³/mol. The first-order chi connectivity index (χ1) is 7.58. The number of carbonyl (C=O) groups is 1. The molecule has 0 fully saturated rings. The molecule has 2 aromatic carbocycles. The first kappa shape index (κ1) is 10.7. The number of rotatable bonds is 2. The molecule has 0 amide bonds. The monoisotopic (exact) mass is 214 g/mol.